The van der Waals surface area contributed by atoms with E-state index in [0.29, 0.717) is 17.7 Å². The van der Waals surface area contributed by atoms with Crippen LogP contribution in [-0.4, -0.2) is 69.0 Å². The Morgan fingerprint density at radius 1 is 1.20 bits per heavy atom. The summed E-state index contributed by atoms with van der Waals surface area (Å²) in [5, 5.41) is 17.0. The lowest BCUT2D eigenvalue weighted by atomic mass is 9.73. The average molecular weight is 419 g/mol. The zero-order valence-electron chi connectivity index (χ0n) is 18.6. The third-order valence-corrected chi connectivity index (χ3v) is 6.21. The quantitative estimate of drug-likeness (QED) is 0.445. The van der Waals surface area contributed by atoms with Gasteiger partial charge < -0.3 is 25.2 Å². The summed E-state index contributed by atoms with van der Waals surface area (Å²) in [5.41, 5.74) is 1.25. The maximum absolute atomic E-state index is 10.0. The van der Waals surface area contributed by atoms with Crippen molar-refractivity contribution in [1.82, 2.24) is 15.5 Å². The molecule has 3 N–H and O–H groups in total. The molecule has 1 aliphatic carbocycles. The van der Waals surface area contributed by atoms with Crippen LogP contribution in [0.5, 0.6) is 11.5 Å². The number of hydrogen-bond donors (Lipinski definition) is 3. The van der Waals surface area contributed by atoms with Gasteiger partial charge in [-0.25, -0.2) is 4.99 Å². The summed E-state index contributed by atoms with van der Waals surface area (Å²) in [4.78, 5) is 7.32. The Hall–Kier alpha value is -1.99. The standard InChI is InChI=1S/C23H38N4O3/c1-3-24-22(25-16-19-7-8-21(29-2)20(28)15-19)26-17-23(9-5-4-6-10-23)18-27-11-13-30-14-12-27/h7-8,15,28H,3-6,9-14,16-18H2,1-2H3,(H2,24,25,26). The minimum atomic E-state index is 0.148. The Bertz CT molecular complexity index is 683. The molecule has 7 nitrogen and oxygen atoms in total. The van der Waals surface area contributed by atoms with Crippen molar-refractivity contribution in [2.75, 3.05) is 53.0 Å². The first kappa shape index (κ1) is 22.7. The highest BCUT2D eigenvalue weighted by Crippen LogP contribution is 2.36. The highest BCUT2D eigenvalue weighted by Gasteiger charge is 2.34. The van der Waals surface area contributed by atoms with E-state index in [2.05, 4.69) is 22.5 Å². The summed E-state index contributed by atoms with van der Waals surface area (Å²) in [6, 6.07) is 5.43. The van der Waals surface area contributed by atoms with Gasteiger partial charge in [-0.05, 0) is 37.5 Å². The number of hydrogen-bond acceptors (Lipinski definition) is 5. The molecule has 0 atom stereocenters. The molecule has 1 saturated carbocycles. The van der Waals surface area contributed by atoms with E-state index >= 15 is 0 Å². The Balaban J connectivity index is 1.63. The summed E-state index contributed by atoms with van der Waals surface area (Å²) in [6.45, 7) is 9.25. The molecule has 2 fully saturated rings. The molecule has 0 spiro atoms. The smallest absolute Gasteiger partial charge is 0.191 e. The molecule has 0 unspecified atom stereocenters. The molecule has 1 aromatic rings. The van der Waals surface area contributed by atoms with Gasteiger partial charge in [0, 0.05) is 38.1 Å². The first-order chi connectivity index (χ1) is 14.6. The Morgan fingerprint density at radius 2 is 1.97 bits per heavy atom. The Kier molecular flexibility index (Phi) is 8.63. The zero-order valence-corrected chi connectivity index (χ0v) is 18.6. The van der Waals surface area contributed by atoms with Crippen LogP contribution in [0, 0.1) is 5.41 Å². The molecule has 30 heavy (non-hydrogen) atoms. The third-order valence-electron chi connectivity index (χ3n) is 6.21. The highest BCUT2D eigenvalue weighted by molar-refractivity contribution is 5.79. The summed E-state index contributed by atoms with van der Waals surface area (Å²) in [5.74, 6) is 1.46. The number of methoxy groups -OCH3 is 1. The van der Waals surface area contributed by atoms with Gasteiger partial charge in [-0.2, -0.15) is 0 Å². The monoisotopic (exact) mass is 418 g/mol. The van der Waals surface area contributed by atoms with Gasteiger partial charge in [0.2, 0.25) is 0 Å². The summed E-state index contributed by atoms with van der Waals surface area (Å²) in [6.07, 6.45) is 6.50. The number of aliphatic imine (C=N–C) groups is 1. The van der Waals surface area contributed by atoms with Crippen LogP contribution in [0.2, 0.25) is 0 Å². The van der Waals surface area contributed by atoms with E-state index in [-0.39, 0.29) is 5.75 Å². The number of aromatic hydroxyl groups is 1. The van der Waals surface area contributed by atoms with Gasteiger partial charge in [0.1, 0.15) is 0 Å². The summed E-state index contributed by atoms with van der Waals surface area (Å²) < 4.78 is 10.7. The molecule has 2 aliphatic rings. The second-order valence-electron chi connectivity index (χ2n) is 8.50. The van der Waals surface area contributed by atoms with Crippen LogP contribution < -0.4 is 15.4 Å². The second kappa shape index (κ2) is 11.4. The van der Waals surface area contributed by atoms with E-state index in [4.69, 9.17) is 14.5 Å². The van der Waals surface area contributed by atoms with Crippen molar-refractivity contribution in [3.8, 4) is 11.5 Å². The number of nitrogens with zero attached hydrogens (tertiary/aromatic N) is 2. The Labute approximate surface area is 180 Å². The molecule has 0 amide bonds. The van der Waals surface area contributed by atoms with Crippen LogP contribution in [-0.2, 0) is 11.3 Å². The largest absolute Gasteiger partial charge is 0.504 e. The molecule has 0 bridgehead atoms. The first-order valence-corrected chi connectivity index (χ1v) is 11.3. The van der Waals surface area contributed by atoms with Gasteiger partial charge >= 0.3 is 0 Å². The van der Waals surface area contributed by atoms with Gasteiger partial charge in [-0.15, -0.1) is 0 Å². The summed E-state index contributed by atoms with van der Waals surface area (Å²) >= 11 is 0. The average Bonchev–Trinajstić information content (AvgIpc) is 2.77. The minimum absolute atomic E-state index is 0.148. The second-order valence-corrected chi connectivity index (χ2v) is 8.50. The lowest BCUT2D eigenvalue weighted by molar-refractivity contribution is 0.00820. The predicted octanol–water partition coefficient (Wildman–Crippen LogP) is 2.74. The van der Waals surface area contributed by atoms with E-state index in [1.165, 1.54) is 32.1 Å². The SMILES string of the molecule is CCNC(=NCc1ccc(OC)c(O)c1)NCC1(CN2CCOCC2)CCCCC1. The van der Waals surface area contributed by atoms with Crippen LogP contribution in [0.25, 0.3) is 0 Å². The van der Waals surface area contributed by atoms with Crippen molar-refractivity contribution in [2.24, 2.45) is 10.4 Å². The number of morpholine rings is 1. The number of nitrogens with one attached hydrogen (secondary N) is 2. The fourth-order valence-corrected chi connectivity index (χ4v) is 4.54. The first-order valence-electron chi connectivity index (χ1n) is 11.3. The van der Waals surface area contributed by atoms with E-state index in [9.17, 15) is 5.11 Å². The molecular weight excluding hydrogens is 380 g/mol. The number of ether oxygens (including phenoxy) is 2. The lowest BCUT2D eigenvalue weighted by Crippen LogP contribution is -2.51. The molecule has 0 aromatic heterocycles. The van der Waals surface area contributed by atoms with Crippen molar-refractivity contribution in [2.45, 2.75) is 45.6 Å². The van der Waals surface area contributed by atoms with E-state index in [1.807, 2.05) is 6.07 Å². The van der Waals surface area contributed by atoms with Gasteiger partial charge in [0.15, 0.2) is 17.5 Å². The van der Waals surface area contributed by atoms with Crippen molar-refractivity contribution >= 4 is 5.96 Å². The van der Waals surface area contributed by atoms with Crippen molar-refractivity contribution in [3.63, 3.8) is 0 Å². The van der Waals surface area contributed by atoms with Gasteiger partial charge in [-0.1, -0.05) is 25.3 Å². The molecule has 3 rings (SSSR count). The van der Waals surface area contributed by atoms with Crippen molar-refractivity contribution < 1.29 is 14.6 Å². The normalized spacial score (nSPS) is 20.0. The molecule has 7 heteroatoms. The number of phenols is 1. The topological polar surface area (TPSA) is 78.4 Å². The van der Waals surface area contributed by atoms with Crippen LogP contribution >= 0.6 is 0 Å². The molecule has 168 valence electrons. The molecular formula is C23H38N4O3. The highest BCUT2D eigenvalue weighted by atomic mass is 16.5. The van der Waals surface area contributed by atoms with Crippen LogP contribution in [0.1, 0.15) is 44.6 Å². The van der Waals surface area contributed by atoms with Crippen LogP contribution in [0.4, 0.5) is 0 Å². The van der Waals surface area contributed by atoms with E-state index in [1.54, 1.807) is 19.2 Å². The van der Waals surface area contributed by atoms with Crippen molar-refractivity contribution in [3.05, 3.63) is 23.8 Å². The summed E-state index contributed by atoms with van der Waals surface area (Å²) in [7, 11) is 1.55. The fraction of sp³-hybridized carbons (Fsp3) is 0.696. The lowest BCUT2D eigenvalue weighted by Gasteiger charge is -2.42. The number of benzene rings is 1. The third kappa shape index (κ3) is 6.51. The molecule has 1 heterocycles. The number of phenolic OH excluding ortho intramolecular Hbond substituents is 1. The molecule has 1 aliphatic heterocycles. The van der Waals surface area contributed by atoms with Crippen molar-refractivity contribution in [1.29, 1.82) is 0 Å². The van der Waals surface area contributed by atoms with Gasteiger partial charge in [0.05, 0.1) is 26.9 Å². The maximum atomic E-state index is 10.0. The van der Waals surface area contributed by atoms with Gasteiger partial charge in [-0.3, -0.25) is 4.90 Å². The predicted molar refractivity (Wildman–Crippen MR) is 120 cm³/mol. The molecule has 1 aromatic carbocycles. The van der Waals surface area contributed by atoms with E-state index < -0.39 is 0 Å². The zero-order chi connectivity index (χ0) is 21.2. The molecule has 0 radical (unpaired) electrons. The number of guanidine groups is 1. The maximum Gasteiger partial charge on any atom is 0.191 e. The fourth-order valence-electron chi connectivity index (χ4n) is 4.54. The Morgan fingerprint density at radius 3 is 2.63 bits per heavy atom. The minimum Gasteiger partial charge on any atom is -0.504 e. The van der Waals surface area contributed by atoms with E-state index in [0.717, 1.165) is 57.5 Å². The van der Waals surface area contributed by atoms with Crippen LogP contribution in [0.15, 0.2) is 23.2 Å². The number of rotatable bonds is 8. The van der Waals surface area contributed by atoms with Crippen LogP contribution in [0.3, 0.4) is 0 Å². The van der Waals surface area contributed by atoms with Gasteiger partial charge in [0.25, 0.3) is 0 Å². The molecule has 1 saturated heterocycles.